The molecule has 2 rings (SSSR count). The molecule has 0 saturated heterocycles. The Hall–Kier alpha value is -2.30. The van der Waals surface area contributed by atoms with Gasteiger partial charge in [0.1, 0.15) is 0 Å². The van der Waals surface area contributed by atoms with E-state index in [-0.39, 0.29) is 17.7 Å². The Labute approximate surface area is 156 Å². The van der Waals surface area contributed by atoms with Gasteiger partial charge in [0.25, 0.3) is 0 Å². The van der Waals surface area contributed by atoms with Gasteiger partial charge in [0.15, 0.2) is 0 Å². The van der Waals surface area contributed by atoms with Crippen molar-refractivity contribution in [2.75, 3.05) is 10.6 Å². The summed E-state index contributed by atoms with van der Waals surface area (Å²) in [5.74, 6) is -0.436. The maximum atomic E-state index is 12.0. The average molecular weight is 377 g/mol. The van der Waals surface area contributed by atoms with Crippen LogP contribution in [0.2, 0.25) is 10.0 Å². The fourth-order valence-electron chi connectivity index (χ4n) is 1.91. The van der Waals surface area contributed by atoms with E-state index in [0.29, 0.717) is 27.0 Å². The van der Waals surface area contributed by atoms with E-state index in [1.54, 1.807) is 48.5 Å². The molecule has 0 fully saturated rings. The Morgan fingerprint density at radius 1 is 0.960 bits per heavy atom. The first kappa shape index (κ1) is 19.0. The van der Waals surface area contributed by atoms with Crippen LogP contribution < -0.4 is 10.6 Å². The third-order valence-corrected chi connectivity index (χ3v) is 3.88. The smallest absolute Gasteiger partial charge is 0.248 e. The summed E-state index contributed by atoms with van der Waals surface area (Å²) >= 11 is 11.9. The molecule has 0 aromatic heterocycles. The fraction of sp³-hybridized carbons (Fsp3) is 0.158. The molecule has 130 valence electrons. The lowest BCUT2D eigenvalue weighted by molar-refractivity contribution is -0.119. The lowest BCUT2D eigenvalue weighted by atomic mass is 10.2. The van der Waals surface area contributed by atoms with Crippen molar-refractivity contribution in [3.63, 3.8) is 0 Å². The topological polar surface area (TPSA) is 58.2 Å². The highest BCUT2D eigenvalue weighted by Crippen LogP contribution is 2.22. The Balaban J connectivity index is 1.96. The average Bonchev–Trinajstić information content (AvgIpc) is 2.55. The van der Waals surface area contributed by atoms with Crippen molar-refractivity contribution < 1.29 is 9.59 Å². The van der Waals surface area contributed by atoms with Gasteiger partial charge in [-0.3, -0.25) is 9.59 Å². The number of halogens is 2. The van der Waals surface area contributed by atoms with Crippen LogP contribution in [0.5, 0.6) is 0 Å². The van der Waals surface area contributed by atoms with Crippen LogP contribution in [0.1, 0.15) is 19.4 Å². The van der Waals surface area contributed by atoms with E-state index < -0.39 is 0 Å². The molecule has 2 aromatic rings. The standard InChI is InChI=1S/C19H18Cl2N2O2/c1-12(2)19(25)23-16-8-6-15(7-9-16)22-18(24)10-4-13-3-5-14(20)11-17(13)21/h3-12H,1-2H3,(H,22,24)(H,23,25)/b10-4+. The number of anilines is 2. The first-order valence-corrected chi connectivity index (χ1v) is 8.46. The summed E-state index contributed by atoms with van der Waals surface area (Å²) in [5, 5.41) is 6.54. The second-order valence-electron chi connectivity index (χ2n) is 5.71. The van der Waals surface area contributed by atoms with Gasteiger partial charge in [-0.25, -0.2) is 0 Å². The highest BCUT2D eigenvalue weighted by molar-refractivity contribution is 6.35. The van der Waals surface area contributed by atoms with Gasteiger partial charge in [0.05, 0.1) is 0 Å². The van der Waals surface area contributed by atoms with Crippen molar-refractivity contribution in [2.45, 2.75) is 13.8 Å². The van der Waals surface area contributed by atoms with Crippen molar-refractivity contribution in [1.82, 2.24) is 0 Å². The van der Waals surface area contributed by atoms with Gasteiger partial charge in [-0.15, -0.1) is 0 Å². The molecular formula is C19H18Cl2N2O2. The normalized spacial score (nSPS) is 10.9. The molecule has 6 heteroatoms. The first-order valence-electron chi connectivity index (χ1n) is 7.70. The maximum Gasteiger partial charge on any atom is 0.248 e. The SMILES string of the molecule is CC(C)C(=O)Nc1ccc(NC(=O)/C=C/c2ccc(Cl)cc2Cl)cc1. The minimum Gasteiger partial charge on any atom is -0.326 e. The monoisotopic (exact) mass is 376 g/mol. The maximum absolute atomic E-state index is 12.0. The molecule has 2 N–H and O–H groups in total. The van der Waals surface area contributed by atoms with Gasteiger partial charge in [-0.2, -0.15) is 0 Å². The number of hydrogen-bond acceptors (Lipinski definition) is 2. The van der Waals surface area contributed by atoms with Crippen LogP contribution in [0.4, 0.5) is 11.4 Å². The summed E-state index contributed by atoms with van der Waals surface area (Å²) in [4.78, 5) is 23.6. The van der Waals surface area contributed by atoms with E-state index >= 15 is 0 Å². The van der Waals surface area contributed by atoms with Crippen LogP contribution in [0, 0.1) is 5.92 Å². The van der Waals surface area contributed by atoms with E-state index in [9.17, 15) is 9.59 Å². The van der Waals surface area contributed by atoms with Crippen molar-refractivity contribution >= 4 is 52.5 Å². The highest BCUT2D eigenvalue weighted by Gasteiger charge is 2.07. The van der Waals surface area contributed by atoms with E-state index in [2.05, 4.69) is 10.6 Å². The molecule has 25 heavy (non-hydrogen) atoms. The Morgan fingerprint density at radius 2 is 1.56 bits per heavy atom. The van der Waals surface area contributed by atoms with E-state index in [1.165, 1.54) is 6.08 Å². The zero-order valence-electron chi connectivity index (χ0n) is 13.8. The Bertz CT molecular complexity index is 800. The molecule has 4 nitrogen and oxygen atoms in total. The van der Waals surface area contributed by atoms with Crippen LogP contribution >= 0.6 is 23.2 Å². The zero-order valence-corrected chi connectivity index (χ0v) is 15.4. The van der Waals surface area contributed by atoms with Gasteiger partial charge >= 0.3 is 0 Å². The number of hydrogen-bond donors (Lipinski definition) is 2. The van der Waals surface area contributed by atoms with Crippen LogP contribution in [-0.4, -0.2) is 11.8 Å². The van der Waals surface area contributed by atoms with Crippen LogP contribution in [0.25, 0.3) is 6.08 Å². The molecule has 0 unspecified atom stereocenters. The van der Waals surface area contributed by atoms with Crippen molar-refractivity contribution in [1.29, 1.82) is 0 Å². The van der Waals surface area contributed by atoms with Gasteiger partial charge in [0.2, 0.25) is 11.8 Å². The van der Waals surface area contributed by atoms with Crippen LogP contribution in [0.15, 0.2) is 48.5 Å². The summed E-state index contributed by atoms with van der Waals surface area (Å²) in [7, 11) is 0. The lowest BCUT2D eigenvalue weighted by Gasteiger charge is -2.08. The summed E-state index contributed by atoms with van der Waals surface area (Å²) in [6.45, 7) is 3.65. The number of carbonyl (C=O) groups excluding carboxylic acids is 2. The molecular weight excluding hydrogens is 359 g/mol. The summed E-state index contributed by atoms with van der Waals surface area (Å²) in [6, 6.07) is 12.0. The molecule has 2 amide bonds. The first-order chi connectivity index (χ1) is 11.8. The van der Waals surface area contributed by atoms with Gasteiger partial charge in [-0.05, 0) is 48.0 Å². The summed E-state index contributed by atoms with van der Waals surface area (Å²) in [6.07, 6.45) is 3.01. The number of nitrogens with one attached hydrogen (secondary N) is 2. The quantitative estimate of drug-likeness (QED) is 0.700. The molecule has 0 spiro atoms. The van der Waals surface area contributed by atoms with E-state index in [4.69, 9.17) is 23.2 Å². The van der Waals surface area contributed by atoms with Crippen molar-refractivity contribution in [3.8, 4) is 0 Å². The molecule has 0 heterocycles. The number of carbonyl (C=O) groups is 2. The Kier molecular flexibility index (Phi) is 6.62. The lowest BCUT2D eigenvalue weighted by Crippen LogP contribution is -2.17. The molecule has 0 aliphatic carbocycles. The molecule has 0 radical (unpaired) electrons. The zero-order chi connectivity index (χ0) is 18.4. The molecule has 2 aromatic carbocycles. The van der Waals surface area contributed by atoms with Gasteiger partial charge < -0.3 is 10.6 Å². The molecule has 0 bridgehead atoms. The number of rotatable bonds is 5. The van der Waals surface area contributed by atoms with Crippen LogP contribution in [-0.2, 0) is 9.59 Å². The van der Waals surface area contributed by atoms with Gasteiger partial charge in [-0.1, -0.05) is 43.1 Å². The molecule has 0 aliphatic heterocycles. The minimum atomic E-state index is -0.287. The number of benzene rings is 2. The Morgan fingerprint density at radius 3 is 2.12 bits per heavy atom. The third kappa shape index (κ3) is 5.93. The summed E-state index contributed by atoms with van der Waals surface area (Å²) in [5.41, 5.74) is 2.01. The number of amides is 2. The molecule has 0 aliphatic rings. The fourth-order valence-corrected chi connectivity index (χ4v) is 2.38. The third-order valence-electron chi connectivity index (χ3n) is 3.32. The highest BCUT2D eigenvalue weighted by atomic mass is 35.5. The van der Waals surface area contributed by atoms with Crippen LogP contribution in [0.3, 0.4) is 0 Å². The molecule has 0 atom stereocenters. The predicted octanol–water partition coefficient (Wildman–Crippen LogP) is 5.24. The molecule has 0 saturated carbocycles. The van der Waals surface area contributed by atoms with E-state index in [0.717, 1.165) is 0 Å². The largest absolute Gasteiger partial charge is 0.326 e. The minimum absolute atomic E-state index is 0.0560. The van der Waals surface area contributed by atoms with Crippen molar-refractivity contribution in [3.05, 3.63) is 64.1 Å². The van der Waals surface area contributed by atoms with E-state index in [1.807, 2.05) is 13.8 Å². The van der Waals surface area contributed by atoms with Crippen molar-refractivity contribution in [2.24, 2.45) is 5.92 Å². The second-order valence-corrected chi connectivity index (χ2v) is 6.55. The predicted molar refractivity (Wildman–Crippen MR) is 104 cm³/mol. The van der Waals surface area contributed by atoms with Gasteiger partial charge in [0, 0.05) is 33.4 Å². The summed E-state index contributed by atoms with van der Waals surface area (Å²) < 4.78 is 0. The second kappa shape index (κ2) is 8.70.